The van der Waals surface area contributed by atoms with Crippen molar-refractivity contribution in [2.45, 2.75) is 77.2 Å². The highest BCUT2D eigenvalue weighted by molar-refractivity contribution is 6.34. The van der Waals surface area contributed by atoms with Gasteiger partial charge in [0.1, 0.15) is 11.6 Å². The van der Waals surface area contributed by atoms with Gasteiger partial charge in [-0.25, -0.2) is 0 Å². The van der Waals surface area contributed by atoms with Gasteiger partial charge in [0.2, 0.25) is 11.8 Å². The van der Waals surface area contributed by atoms with Crippen LogP contribution in [0.3, 0.4) is 0 Å². The van der Waals surface area contributed by atoms with E-state index < -0.39 is 35.6 Å². The Morgan fingerprint density at radius 2 is 1.95 bits per heavy atom. The molecule has 0 saturated carbocycles. The number of hydrogen-bond acceptors (Lipinski definition) is 5. The lowest BCUT2D eigenvalue weighted by molar-refractivity contribution is -0.147. The second-order valence-corrected chi connectivity index (χ2v) is 12.4. The van der Waals surface area contributed by atoms with Crippen molar-refractivity contribution in [3.8, 4) is 0 Å². The smallest absolute Gasteiger partial charge is 0.253 e. The Morgan fingerprint density at radius 3 is 2.54 bits per heavy atom. The number of likely N-dealkylation sites (tertiary alicyclic amines) is 1. The lowest BCUT2D eigenvalue weighted by Gasteiger charge is -2.40. The van der Waals surface area contributed by atoms with Crippen molar-refractivity contribution in [1.82, 2.24) is 9.80 Å². The number of hydrogen-bond donors (Lipinski definition) is 1. The van der Waals surface area contributed by atoms with Crippen LogP contribution in [0, 0.1) is 24.7 Å². The molecule has 2 bridgehead atoms. The number of fused-ring (bicyclic) bond motifs is 1. The van der Waals surface area contributed by atoms with Gasteiger partial charge >= 0.3 is 0 Å². The van der Waals surface area contributed by atoms with Gasteiger partial charge in [0, 0.05) is 19.6 Å². The number of carbonyl (C=O) groups is 3. The van der Waals surface area contributed by atoms with Crippen LogP contribution in [0.2, 0.25) is 5.02 Å². The number of carbonyl (C=O) groups excluding carboxylic acids is 3. The van der Waals surface area contributed by atoms with Gasteiger partial charge in [-0.1, -0.05) is 56.7 Å². The Kier molecular flexibility index (Phi) is 9.66. The van der Waals surface area contributed by atoms with E-state index in [1.54, 1.807) is 32.9 Å². The summed E-state index contributed by atoms with van der Waals surface area (Å²) in [5.41, 5.74) is 0.184. The number of aliphatic hydroxyl groups is 1. The van der Waals surface area contributed by atoms with Gasteiger partial charge in [0.15, 0.2) is 0 Å². The molecule has 0 aromatic heterocycles. The Morgan fingerprint density at radius 1 is 1.24 bits per heavy atom. The van der Waals surface area contributed by atoms with E-state index >= 15 is 0 Å². The molecule has 224 valence electrons. The maximum Gasteiger partial charge on any atom is 0.253 e. The molecule has 3 aliphatic heterocycles. The summed E-state index contributed by atoms with van der Waals surface area (Å²) < 4.78 is 6.66. The van der Waals surface area contributed by atoms with Crippen LogP contribution in [0.5, 0.6) is 0 Å². The molecular weight excluding hydrogens is 542 g/mol. The van der Waals surface area contributed by atoms with Crippen molar-refractivity contribution in [2.75, 3.05) is 31.1 Å². The van der Waals surface area contributed by atoms with Gasteiger partial charge in [0.25, 0.3) is 5.91 Å². The van der Waals surface area contributed by atoms with E-state index in [0.717, 1.165) is 12.0 Å². The Bertz CT molecular complexity index is 1170. The van der Waals surface area contributed by atoms with Crippen LogP contribution >= 0.6 is 11.6 Å². The van der Waals surface area contributed by atoms with Crippen molar-refractivity contribution in [3.05, 3.63) is 54.1 Å². The van der Waals surface area contributed by atoms with Crippen molar-refractivity contribution >= 4 is 35.0 Å². The van der Waals surface area contributed by atoms with Crippen LogP contribution in [0.15, 0.2) is 43.5 Å². The van der Waals surface area contributed by atoms with E-state index in [1.807, 2.05) is 39.8 Å². The Hall–Kier alpha value is -2.68. The zero-order valence-corrected chi connectivity index (χ0v) is 25.5. The number of ether oxygens (including phenoxy) is 1. The molecule has 8 nitrogen and oxygen atoms in total. The second-order valence-electron chi connectivity index (χ2n) is 12.0. The molecule has 3 saturated heterocycles. The van der Waals surface area contributed by atoms with E-state index in [0.29, 0.717) is 43.1 Å². The predicted molar refractivity (Wildman–Crippen MR) is 161 cm³/mol. The quantitative estimate of drug-likeness (QED) is 0.347. The minimum atomic E-state index is -1.18. The number of halogens is 1. The summed E-state index contributed by atoms with van der Waals surface area (Å²) in [6.45, 7) is 16.4. The first-order valence-electron chi connectivity index (χ1n) is 14.8. The molecule has 1 N–H and O–H groups in total. The number of aryl methyl sites for hydroxylation is 1. The van der Waals surface area contributed by atoms with E-state index in [4.69, 9.17) is 16.3 Å². The van der Waals surface area contributed by atoms with Gasteiger partial charge < -0.3 is 24.5 Å². The van der Waals surface area contributed by atoms with Gasteiger partial charge in [-0.2, -0.15) is 0 Å². The maximum atomic E-state index is 14.8. The third kappa shape index (κ3) is 5.35. The fraction of sp³-hybridized carbons (Fsp3) is 0.594. The highest BCUT2D eigenvalue weighted by Crippen LogP contribution is 2.59. The second kappa shape index (κ2) is 12.7. The lowest BCUT2D eigenvalue weighted by Crippen LogP contribution is -2.59. The molecule has 6 atom stereocenters. The molecule has 4 rings (SSSR count). The first kappa shape index (κ1) is 31.3. The summed E-state index contributed by atoms with van der Waals surface area (Å²) in [6.07, 6.45) is 5.19. The third-order valence-corrected chi connectivity index (χ3v) is 9.10. The van der Waals surface area contributed by atoms with Crippen molar-refractivity contribution in [2.24, 2.45) is 17.8 Å². The molecule has 0 aliphatic carbocycles. The molecule has 9 heteroatoms. The number of benzene rings is 1. The molecule has 3 heterocycles. The Labute approximate surface area is 248 Å². The van der Waals surface area contributed by atoms with E-state index in [1.165, 1.54) is 0 Å². The zero-order chi connectivity index (χ0) is 30.1. The predicted octanol–water partition coefficient (Wildman–Crippen LogP) is 4.37. The topological polar surface area (TPSA) is 90.4 Å². The molecule has 1 aromatic carbocycles. The summed E-state index contributed by atoms with van der Waals surface area (Å²) in [5, 5.41) is 11.0. The number of rotatable bonds is 13. The molecule has 3 aliphatic rings. The van der Waals surface area contributed by atoms with Crippen molar-refractivity contribution < 1.29 is 24.2 Å². The summed E-state index contributed by atoms with van der Waals surface area (Å²) in [4.78, 5) is 48.2. The van der Waals surface area contributed by atoms with Gasteiger partial charge in [0.05, 0.1) is 41.3 Å². The van der Waals surface area contributed by atoms with Crippen molar-refractivity contribution in [1.29, 1.82) is 0 Å². The van der Waals surface area contributed by atoms with Crippen LogP contribution in [0.25, 0.3) is 0 Å². The number of para-hydroxylation sites is 1. The summed E-state index contributed by atoms with van der Waals surface area (Å²) in [5.74, 6) is -2.13. The molecule has 3 amide bonds. The molecule has 41 heavy (non-hydrogen) atoms. The molecule has 3 fully saturated rings. The summed E-state index contributed by atoms with van der Waals surface area (Å²) >= 11 is 6.64. The Balaban J connectivity index is 1.85. The first-order chi connectivity index (χ1) is 19.6. The van der Waals surface area contributed by atoms with E-state index in [2.05, 4.69) is 13.2 Å². The van der Waals surface area contributed by atoms with E-state index in [-0.39, 0.29) is 36.8 Å². The van der Waals surface area contributed by atoms with Gasteiger partial charge in [-0.3, -0.25) is 14.4 Å². The van der Waals surface area contributed by atoms with Crippen LogP contribution in [-0.4, -0.2) is 82.7 Å². The zero-order valence-electron chi connectivity index (χ0n) is 24.7. The van der Waals surface area contributed by atoms with Crippen LogP contribution in [0.4, 0.5) is 5.69 Å². The highest BCUT2D eigenvalue weighted by atomic mass is 35.5. The largest absolute Gasteiger partial charge is 0.394 e. The molecular formula is C32H44ClN3O5. The maximum absolute atomic E-state index is 14.8. The molecule has 2 unspecified atom stereocenters. The molecule has 1 aromatic rings. The number of anilines is 1. The van der Waals surface area contributed by atoms with E-state index in [9.17, 15) is 19.5 Å². The van der Waals surface area contributed by atoms with Crippen LogP contribution < -0.4 is 4.90 Å². The van der Waals surface area contributed by atoms with Crippen LogP contribution in [-0.2, 0) is 19.1 Å². The normalized spacial score (nSPS) is 27.2. The lowest BCUT2D eigenvalue weighted by atomic mass is 9.70. The fourth-order valence-electron chi connectivity index (χ4n) is 7.33. The average molecular weight is 586 g/mol. The number of aliphatic hydroxyl groups excluding tert-OH is 1. The van der Waals surface area contributed by atoms with Crippen LogP contribution in [0.1, 0.15) is 52.0 Å². The summed E-state index contributed by atoms with van der Waals surface area (Å²) in [6, 6.07) is 3.81. The minimum absolute atomic E-state index is 0.140. The monoisotopic (exact) mass is 585 g/mol. The number of nitrogens with zero attached hydrogens (tertiary/aromatic N) is 3. The number of amides is 3. The molecule has 1 spiro atoms. The standard InChI is InChI=1S/C32H44ClN3O5/c1-7-15-34(16-8-2)29(38)25-24-13-14-32(41-24)26(25)30(39)36(22(19-37)18-20(4)5)28(32)31(40)35(17-9-3)27-21(6)11-10-12-23(27)33/h7,9-12,20,22,24-26,28,37H,1,3,8,13-19H2,2,4-6H3/t22-,24+,25-,26+,28?,32?/m1/s1. The highest BCUT2D eigenvalue weighted by Gasteiger charge is 2.75. The third-order valence-electron chi connectivity index (χ3n) is 8.80. The van der Waals surface area contributed by atoms with Gasteiger partial charge in [-0.05, 0) is 50.2 Å². The fourth-order valence-corrected chi connectivity index (χ4v) is 7.65. The van der Waals surface area contributed by atoms with Gasteiger partial charge in [-0.15, -0.1) is 13.2 Å². The SMILES string of the molecule is C=CCN(CCC)C(=O)[C@@H]1[C@@H]2CCC3(O2)C(C(=O)N(CC=C)c2c(C)cccc2Cl)N([C@@H](CO)CC(C)C)C(=O)[C@H]13. The van der Waals surface area contributed by atoms with Crippen molar-refractivity contribution in [3.63, 3.8) is 0 Å². The average Bonchev–Trinajstić information content (AvgIpc) is 3.57. The molecule has 0 radical (unpaired) electrons. The summed E-state index contributed by atoms with van der Waals surface area (Å²) in [7, 11) is 0. The minimum Gasteiger partial charge on any atom is -0.394 e. The first-order valence-corrected chi connectivity index (χ1v) is 15.1.